The molecule has 0 spiro atoms. The number of thiol groups is 1. The molecule has 9 atom stereocenters. The molecule has 8 nitrogen and oxygen atoms in total. The van der Waals surface area contributed by atoms with Crippen LogP contribution in [0.1, 0.15) is 178 Å². The summed E-state index contributed by atoms with van der Waals surface area (Å²) in [7, 11) is 3.25. The molecule has 52 heavy (non-hydrogen) atoms. The van der Waals surface area contributed by atoms with E-state index in [0.717, 1.165) is 82.7 Å². The van der Waals surface area contributed by atoms with Crippen LogP contribution in [0.4, 0.5) is 0 Å². The standard InChI is InChI=1S/C29H41NO5.3C3H8.C2H6O.C2H6.CH4.H3NS/c1-27-12-9-20(35-26(32)24-4-3-15-30-24)16-19(27)6-7-23-22(27)10-13-28(2)21(11-14-29(23,28)33)18-5-8-25(31)34-17-18;4*1-3-2;1-2;;1-2/h5,8,17,19-24,30,33H,3-4,6-7,9-16H2,1-2H3;3*3H2,1-2H3;1-2H3;1-2H3;1H4;2H,1H2. The predicted molar refractivity (Wildman–Crippen MR) is 224 cm³/mol. The number of hydrogen-bond donors (Lipinski definition) is 4. The minimum absolute atomic E-state index is 0. The van der Waals surface area contributed by atoms with E-state index in [1.54, 1.807) is 20.5 Å². The van der Waals surface area contributed by atoms with Gasteiger partial charge in [-0.25, -0.2) is 4.79 Å². The van der Waals surface area contributed by atoms with Gasteiger partial charge in [0.1, 0.15) is 12.1 Å². The molecule has 1 aromatic heterocycles. The minimum atomic E-state index is -0.678. The van der Waals surface area contributed by atoms with Crippen molar-refractivity contribution in [2.45, 2.75) is 190 Å². The second-order valence-electron chi connectivity index (χ2n) is 15.4. The van der Waals surface area contributed by atoms with E-state index in [2.05, 4.69) is 83.4 Å². The number of ether oxygens (including phenoxy) is 2. The molecule has 0 radical (unpaired) electrons. The highest BCUT2D eigenvalue weighted by atomic mass is 32.1. The minimum Gasteiger partial charge on any atom is -0.461 e. The van der Waals surface area contributed by atoms with Gasteiger partial charge in [0, 0.05) is 25.7 Å². The van der Waals surface area contributed by atoms with Crippen LogP contribution in [0.15, 0.2) is 27.6 Å². The van der Waals surface area contributed by atoms with Gasteiger partial charge in [0.15, 0.2) is 0 Å². The van der Waals surface area contributed by atoms with Crippen LogP contribution in [0.5, 0.6) is 0 Å². The molecule has 1 saturated heterocycles. The Hall–Kier alpha value is -1.39. The maximum absolute atomic E-state index is 12.6. The number of carbonyl (C=O) groups is 1. The third kappa shape index (κ3) is 13.1. The van der Waals surface area contributed by atoms with Crippen molar-refractivity contribution in [2.24, 2.45) is 33.7 Å². The van der Waals surface area contributed by atoms with E-state index in [-0.39, 0.29) is 47.9 Å². The highest BCUT2D eigenvalue weighted by molar-refractivity contribution is 7.77. The molecule has 1 aromatic rings. The van der Waals surface area contributed by atoms with Crippen molar-refractivity contribution in [3.8, 4) is 0 Å². The molecule has 6 rings (SSSR count). The number of esters is 1. The van der Waals surface area contributed by atoms with Gasteiger partial charge >= 0.3 is 11.6 Å². The average molecular weight is 757 g/mol. The lowest BCUT2D eigenvalue weighted by molar-refractivity contribution is -0.207. The molecule has 0 bridgehead atoms. The van der Waals surface area contributed by atoms with Gasteiger partial charge in [0.25, 0.3) is 0 Å². The Bertz CT molecular complexity index is 1080. The average Bonchev–Trinajstić information content (AvgIpc) is 3.76. The van der Waals surface area contributed by atoms with Crippen LogP contribution in [-0.4, -0.2) is 49.6 Å². The van der Waals surface area contributed by atoms with Crippen molar-refractivity contribution in [2.75, 3.05) is 20.8 Å². The number of methoxy groups -OCH3 is 1. The Labute approximate surface area is 326 Å². The normalized spacial score (nSPS) is 33.2. The molecule has 4 saturated carbocycles. The van der Waals surface area contributed by atoms with Gasteiger partial charge in [-0.2, -0.15) is 0 Å². The SMILES string of the molecule is C.CC.CC12CCC(OC(=O)C3CCCN3)CC1CCC1C2CCC2(C)C(c3ccc(=O)oc3)CCC12O.CCC.CCC.CCC.COC.NS. The lowest BCUT2D eigenvalue weighted by Crippen LogP contribution is -2.62. The number of hydrogen-bond acceptors (Lipinski definition) is 9. The second-order valence-corrected chi connectivity index (χ2v) is 15.4. The van der Waals surface area contributed by atoms with E-state index in [4.69, 9.17) is 9.15 Å². The fourth-order valence-corrected chi connectivity index (χ4v) is 9.53. The molecule has 0 amide bonds. The van der Waals surface area contributed by atoms with E-state index < -0.39 is 5.60 Å². The molecule has 9 heteroatoms. The zero-order valence-electron chi connectivity index (χ0n) is 34.8. The number of carbonyl (C=O) groups excluding carboxylic acids is 1. The monoisotopic (exact) mass is 757 g/mol. The Kier molecular flexibility index (Phi) is 27.6. The topological polar surface area (TPSA) is 124 Å². The van der Waals surface area contributed by atoms with Gasteiger partial charge in [0.05, 0.1) is 11.9 Å². The van der Waals surface area contributed by atoms with Crippen molar-refractivity contribution in [3.05, 3.63) is 34.4 Å². The third-order valence-electron chi connectivity index (χ3n) is 11.6. The van der Waals surface area contributed by atoms with E-state index in [9.17, 15) is 14.7 Å². The quantitative estimate of drug-likeness (QED) is 0.178. The summed E-state index contributed by atoms with van der Waals surface area (Å²) < 4.78 is 15.5. The molecular formula is C43H84N2O6S. The van der Waals surface area contributed by atoms with Crippen molar-refractivity contribution in [3.63, 3.8) is 0 Å². The maximum Gasteiger partial charge on any atom is 0.335 e. The Morgan fingerprint density at radius 3 is 1.98 bits per heavy atom. The van der Waals surface area contributed by atoms with Crippen LogP contribution < -0.4 is 16.1 Å². The molecule has 0 aromatic carbocycles. The van der Waals surface area contributed by atoms with E-state index >= 15 is 0 Å². The molecule has 9 unspecified atom stereocenters. The summed E-state index contributed by atoms with van der Waals surface area (Å²) in [6.07, 6.45) is 16.4. The Morgan fingerprint density at radius 2 is 1.48 bits per heavy atom. The number of nitrogens with two attached hydrogens (primary N) is 1. The highest BCUT2D eigenvalue weighted by Gasteiger charge is 2.67. The van der Waals surface area contributed by atoms with Crippen LogP contribution in [0.2, 0.25) is 0 Å². The van der Waals surface area contributed by atoms with Gasteiger partial charge in [0.2, 0.25) is 0 Å². The van der Waals surface area contributed by atoms with Crippen LogP contribution in [-0.2, 0) is 14.3 Å². The van der Waals surface area contributed by atoms with Gasteiger partial charge in [-0.05, 0) is 118 Å². The largest absolute Gasteiger partial charge is 0.461 e. The smallest absolute Gasteiger partial charge is 0.335 e. The first-order chi connectivity index (χ1) is 24.4. The van der Waals surface area contributed by atoms with Crippen LogP contribution in [0, 0.1) is 28.6 Å². The maximum atomic E-state index is 12.6. The summed E-state index contributed by atoms with van der Waals surface area (Å²) in [4.78, 5) is 24.1. The summed E-state index contributed by atoms with van der Waals surface area (Å²) in [6, 6.07) is 3.31. The fraction of sp³-hybridized carbons (Fsp3) is 0.860. The van der Waals surface area contributed by atoms with Crippen LogP contribution in [0.25, 0.3) is 0 Å². The molecule has 5 fully saturated rings. The van der Waals surface area contributed by atoms with Crippen molar-refractivity contribution >= 4 is 18.8 Å². The highest BCUT2D eigenvalue weighted by Crippen LogP contribution is 2.70. The molecular weight excluding hydrogens is 673 g/mol. The number of aliphatic hydroxyl groups is 1. The Balaban J connectivity index is 0. The van der Waals surface area contributed by atoms with Crippen LogP contribution >= 0.6 is 12.8 Å². The van der Waals surface area contributed by atoms with E-state index in [1.165, 1.54) is 25.3 Å². The van der Waals surface area contributed by atoms with Crippen molar-refractivity contribution in [1.29, 1.82) is 0 Å². The lowest BCUT2D eigenvalue weighted by Gasteiger charge is -2.63. The summed E-state index contributed by atoms with van der Waals surface area (Å²) in [5, 5.41) is 19.8. The molecule has 308 valence electrons. The summed E-state index contributed by atoms with van der Waals surface area (Å²) in [5.41, 5.74) is 0.0652. The Morgan fingerprint density at radius 1 is 0.904 bits per heavy atom. The van der Waals surface area contributed by atoms with Crippen LogP contribution in [0.3, 0.4) is 0 Å². The van der Waals surface area contributed by atoms with Crippen molar-refractivity contribution in [1.82, 2.24) is 5.32 Å². The van der Waals surface area contributed by atoms with E-state index in [1.807, 2.05) is 19.9 Å². The summed E-state index contributed by atoms with van der Waals surface area (Å²) >= 11 is 3.03. The van der Waals surface area contributed by atoms with Gasteiger partial charge in [-0.3, -0.25) is 9.93 Å². The van der Waals surface area contributed by atoms with Gasteiger partial charge < -0.3 is 24.3 Å². The van der Waals surface area contributed by atoms with Crippen molar-refractivity contribution < 1.29 is 23.8 Å². The second kappa shape index (κ2) is 27.2. The lowest BCUT2D eigenvalue weighted by atomic mass is 9.43. The number of fused-ring (bicyclic) bond motifs is 5. The molecule has 2 heterocycles. The first-order valence-electron chi connectivity index (χ1n) is 20.3. The zero-order chi connectivity index (χ0) is 39.3. The number of rotatable bonds is 3. The summed E-state index contributed by atoms with van der Waals surface area (Å²) in [6.45, 7) is 22.4. The first-order valence-corrected chi connectivity index (χ1v) is 20.8. The molecule has 4 N–H and O–H groups in total. The van der Waals surface area contributed by atoms with E-state index in [0.29, 0.717) is 17.8 Å². The summed E-state index contributed by atoms with van der Waals surface area (Å²) in [5.74, 6) is 1.55. The molecule has 4 aliphatic carbocycles. The van der Waals surface area contributed by atoms with Gasteiger partial charge in [-0.15, -0.1) is 12.8 Å². The van der Waals surface area contributed by atoms with Gasteiger partial charge in [-0.1, -0.05) is 95.9 Å². The fourth-order valence-electron chi connectivity index (χ4n) is 9.53. The molecule has 1 aliphatic heterocycles. The zero-order valence-corrected chi connectivity index (χ0v) is 35.7. The predicted octanol–water partition coefficient (Wildman–Crippen LogP) is 10.5. The third-order valence-corrected chi connectivity index (χ3v) is 11.6. The first kappa shape index (κ1) is 52.7. The number of nitrogens with one attached hydrogen (secondary N) is 1. The molecule has 5 aliphatic rings.